The second-order valence-corrected chi connectivity index (χ2v) is 9.88. The predicted molar refractivity (Wildman–Crippen MR) is 144 cm³/mol. The third kappa shape index (κ3) is 3.59. The van der Waals surface area contributed by atoms with Gasteiger partial charge in [0.25, 0.3) is 0 Å². The highest BCUT2D eigenvalue weighted by Gasteiger charge is 2.40. The number of hydrogen-bond donors (Lipinski definition) is 1. The molecule has 0 amide bonds. The molecular weight excluding hydrogens is 440 g/mol. The van der Waals surface area contributed by atoms with Gasteiger partial charge in [-0.15, -0.1) is 0 Å². The molecule has 1 atom stereocenters. The van der Waals surface area contributed by atoms with Crippen LogP contribution in [0.15, 0.2) is 122 Å². The van der Waals surface area contributed by atoms with Crippen molar-refractivity contribution in [3.8, 4) is 0 Å². The number of imidazole rings is 1. The number of aryl methyl sites for hydroxylation is 2. The standard InChI is InChI=1S/C33H30N2O/c1-32(36,30-21-20-25-12-11-13-26(25)22-30)31-23-35(24-34-31)33(27-14-5-2-6-15-27,28-16-7-3-8-17-28)29-18-9-4-10-19-29/h2-10,14-24,36H,11-13H2,1H3. The minimum absolute atomic E-state index is 0.632. The van der Waals surface area contributed by atoms with Crippen molar-refractivity contribution in [1.29, 1.82) is 0 Å². The Morgan fingerprint density at radius 2 is 1.19 bits per heavy atom. The van der Waals surface area contributed by atoms with E-state index in [1.54, 1.807) is 0 Å². The van der Waals surface area contributed by atoms with Gasteiger partial charge < -0.3 is 9.67 Å². The minimum atomic E-state index is -1.21. The zero-order chi connectivity index (χ0) is 24.6. The van der Waals surface area contributed by atoms with Crippen LogP contribution < -0.4 is 0 Å². The molecule has 5 aromatic rings. The summed E-state index contributed by atoms with van der Waals surface area (Å²) in [4.78, 5) is 4.81. The molecule has 36 heavy (non-hydrogen) atoms. The monoisotopic (exact) mass is 470 g/mol. The first-order valence-electron chi connectivity index (χ1n) is 12.7. The van der Waals surface area contributed by atoms with Crippen LogP contribution in [0.1, 0.15) is 52.4 Å². The van der Waals surface area contributed by atoms with Crippen LogP contribution >= 0.6 is 0 Å². The Kier molecular flexibility index (Phi) is 5.58. The molecule has 3 nitrogen and oxygen atoms in total. The Morgan fingerprint density at radius 3 is 1.75 bits per heavy atom. The first-order chi connectivity index (χ1) is 17.6. The van der Waals surface area contributed by atoms with Crippen LogP contribution in [0.4, 0.5) is 0 Å². The number of benzene rings is 4. The van der Waals surface area contributed by atoms with Gasteiger partial charge in [0.05, 0.1) is 12.0 Å². The number of hydrogen-bond acceptors (Lipinski definition) is 2. The van der Waals surface area contributed by atoms with E-state index in [1.807, 2.05) is 37.6 Å². The highest BCUT2D eigenvalue weighted by molar-refractivity contribution is 5.51. The largest absolute Gasteiger partial charge is 0.379 e. The van der Waals surface area contributed by atoms with Crippen molar-refractivity contribution in [2.45, 2.75) is 37.3 Å². The molecule has 0 saturated heterocycles. The summed E-state index contributed by atoms with van der Waals surface area (Å²) in [5.74, 6) is 0. The fourth-order valence-corrected chi connectivity index (χ4v) is 5.77. The Hall–Kier alpha value is -3.95. The van der Waals surface area contributed by atoms with Gasteiger partial charge in [-0.05, 0) is 59.6 Å². The van der Waals surface area contributed by atoms with Crippen LogP contribution in [0.2, 0.25) is 0 Å². The fourth-order valence-electron chi connectivity index (χ4n) is 5.77. The second-order valence-electron chi connectivity index (χ2n) is 9.88. The molecule has 1 heterocycles. The number of aromatic nitrogens is 2. The van der Waals surface area contributed by atoms with Crippen molar-refractivity contribution < 1.29 is 5.11 Å². The summed E-state index contributed by atoms with van der Waals surface area (Å²) in [7, 11) is 0. The van der Waals surface area contributed by atoms with Crippen LogP contribution in [-0.4, -0.2) is 14.7 Å². The van der Waals surface area contributed by atoms with Crippen molar-refractivity contribution in [3.05, 3.63) is 161 Å². The van der Waals surface area contributed by atoms with E-state index < -0.39 is 11.1 Å². The van der Waals surface area contributed by atoms with Gasteiger partial charge in [0.1, 0.15) is 11.1 Å². The van der Waals surface area contributed by atoms with Crippen LogP contribution in [0.3, 0.4) is 0 Å². The summed E-state index contributed by atoms with van der Waals surface area (Å²) in [5.41, 5.74) is 5.79. The lowest BCUT2D eigenvalue weighted by Crippen LogP contribution is -2.37. The van der Waals surface area contributed by atoms with E-state index in [9.17, 15) is 5.11 Å². The molecule has 0 aliphatic heterocycles. The lowest BCUT2D eigenvalue weighted by molar-refractivity contribution is 0.0976. The number of rotatable bonds is 6. The molecule has 1 aliphatic rings. The number of nitrogens with zero attached hydrogens (tertiary/aromatic N) is 2. The molecule has 0 bridgehead atoms. The quantitative estimate of drug-likeness (QED) is 0.289. The summed E-state index contributed by atoms with van der Waals surface area (Å²) in [6.45, 7) is 1.85. The molecule has 1 aromatic heterocycles. The average molecular weight is 471 g/mol. The van der Waals surface area contributed by atoms with E-state index in [0.717, 1.165) is 35.1 Å². The molecule has 0 spiro atoms. The topological polar surface area (TPSA) is 38.0 Å². The van der Waals surface area contributed by atoms with Gasteiger partial charge in [0.15, 0.2) is 0 Å². The molecule has 0 saturated carbocycles. The fraction of sp³-hybridized carbons (Fsp3) is 0.182. The van der Waals surface area contributed by atoms with Gasteiger partial charge in [-0.25, -0.2) is 4.98 Å². The van der Waals surface area contributed by atoms with Crippen LogP contribution in [0.5, 0.6) is 0 Å². The zero-order valence-electron chi connectivity index (χ0n) is 20.5. The maximum absolute atomic E-state index is 11.8. The van der Waals surface area contributed by atoms with E-state index in [2.05, 4.69) is 95.6 Å². The minimum Gasteiger partial charge on any atom is -0.379 e. The highest BCUT2D eigenvalue weighted by atomic mass is 16.3. The summed E-state index contributed by atoms with van der Waals surface area (Å²) in [5, 5.41) is 11.8. The maximum atomic E-state index is 11.8. The van der Waals surface area contributed by atoms with Gasteiger partial charge in [-0.2, -0.15) is 0 Å². The smallest absolute Gasteiger partial charge is 0.130 e. The second kappa shape index (κ2) is 8.92. The molecule has 1 N–H and O–H groups in total. The van der Waals surface area contributed by atoms with E-state index in [-0.39, 0.29) is 0 Å². The van der Waals surface area contributed by atoms with Crippen molar-refractivity contribution in [2.75, 3.05) is 0 Å². The van der Waals surface area contributed by atoms with Gasteiger partial charge in [0, 0.05) is 6.20 Å². The maximum Gasteiger partial charge on any atom is 0.130 e. The van der Waals surface area contributed by atoms with Crippen molar-refractivity contribution in [3.63, 3.8) is 0 Å². The van der Waals surface area contributed by atoms with E-state index in [0.29, 0.717) is 5.69 Å². The van der Waals surface area contributed by atoms with Gasteiger partial charge in [-0.1, -0.05) is 109 Å². The van der Waals surface area contributed by atoms with Gasteiger partial charge in [0.2, 0.25) is 0 Å². The molecule has 6 rings (SSSR count). The molecule has 3 heteroatoms. The van der Waals surface area contributed by atoms with Crippen LogP contribution in [-0.2, 0) is 24.0 Å². The predicted octanol–water partition coefficient (Wildman–Crippen LogP) is 6.47. The molecule has 0 fully saturated rings. The lowest BCUT2D eigenvalue weighted by atomic mass is 9.76. The zero-order valence-corrected chi connectivity index (χ0v) is 20.5. The SMILES string of the molecule is CC(O)(c1ccc2c(c1)CCC2)c1cn(C(c2ccccc2)(c2ccccc2)c2ccccc2)cn1. The van der Waals surface area contributed by atoms with Gasteiger partial charge in [-0.3, -0.25) is 0 Å². The molecule has 1 aliphatic carbocycles. The first kappa shape index (κ1) is 22.5. The van der Waals surface area contributed by atoms with E-state index >= 15 is 0 Å². The van der Waals surface area contributed by atoms with E-state index in [4.69, 9.17) is 4.98 Å². The van der Waals surface area contributed by atoms with Crippen molar-refractivity contribution >= 4 is 0 Å². The number of aliphatic hydroxyl groups is 1. The normalized spacial score (nSPS) is 14.8. The third-order valence-corrected chi connectivity index (χ3v) is 7.70. The first-order valence-corrected chi connectivity index (χ1v) is 12.7. The summed E-state index contributed by atoms with van der Waals surface area (Å²) in [6, 6.07) is 38.0. The highest BCUT2D eigenvalue weighted by Crippen LogP contribution is 2.42. The number of fused-ring (bicyclic) bond motifs is 1. The van der Waals surface area contributed by atoms with Gasteiger partial charge >= 0.3 is 0 Å². The third-order valence-electron chi connectivity index (χ3n) is 7.70. The Morgan fingerprint density at radius 1 is 0.667 bits per heavy atom. The van der Waals surface area contributed by atoms with Crippen LogP contribution in [0.25, 0.3) is 0 Å². The summed E-state index contributed by atoms with van der Waals surface area (Å²) < 4.78 is 2.16. The van der Waals surface area contributed by atoms with Crippen molar-refractivity contribution in [2.24, 2.45) is 0 Å². The molecule has 4 aromatic carbocycles. The summed E-state index contributed by atoms with van der Waals surface area (Å²) >= 11 is 0. The Balaban J connectivity index is 1.56. The Labute approximate surface area is 212 Å². The molecule has 1 unspecified atom stereocenters. The summed E-state index contributed by atoms with van der Waals surface area (Å²) in [6.07, 6.45) is 7.26. The molecule has 0 radical (unpaired) electrons. The van der Waals surface area contributed by atoms with Crippen LogP contribution in [0, 0.1) is 0 Å². The molecular formula is C33H30N2O. The van der Waals surface area contributed by atoms with E-state index in [1.165, 1.54) is 17.5 Å². The lowest BCUT2D eigenvalue weighted by Gasteiger charge is -2.37. The van der Waals surface area contributed by atoms with Crippen molar-refractivity contribution in [1.82, 2.24) is 9.55 Å². The average Bonchev–Trinajstić information content (AvgIpc) is 3.62. The Bertz CT molecular complexity index is 1370. The molecule has 178 valence electrons.